The molecule has 1 fully saturated rings. The van der Waals surface area contributed by atoms with Crippen LogP contribution in [0.2, 0.25) is 0 Å². The maximum atomic E-state index is 11.9. The number of aromatic amines is 1. The Morgan fingerprint density at radius 1 is 1.47 bits per heavy atom. The summed E-state index contributed by atoms with van der Waals surface area (Å²) < 4.78 is 5.39. The molecule has 0 aromatic carbocycles. The number of likely N-dealkylation sites (tertiary alicyclic amines) is 1. The van der Waals surface area contributed by atoms with E-state index in [2.05, 4.69) is 10.2 Å². The summed E-state index contributed by atoms with van der Waals surface area (Å²) in [5.74, 6) is 0.635. The number of carbonyl (C=O) groups excluding carboxylic acids is 1. The molecule has 1 aliphatic heterocycles. The van der Waals surface area contributed by atoms with Crippen molar-refractivity contribution in [3.05, 3.63) is 18.0 Å². The molecule has 2 heterocycles. The second-order valence-electron chi connectivity index (χ2n) is 6.22. The molecule has 0 spiro atoms. The van der Waals surface area contributed by atoms with Crippen molar-refractivity contribution in [1.82, 2.24) is 15.1 Å². The van der Waals surface area contributed by atoms with Crippen LogP contribution < -0.4 is 0 Å². The minimum absolute atomic E-state index is 0.186. The fourth-order valence-corrected chi connectivity index (χ4v) is 2.37. The molecule has 0 aliphatic carbocycles. The van der Waals surface area contributed by atoms with Crippen molar-refractivity contribution < 1.29 is 9.53 Å². The molecule has 1 amide bonds. The maximum Gasteiger partial charge on any atom is 0.410 e. The van der Waals surface area contributed by atoms with Crippen LogP contribution in [0.5, 0.6) is 0 Å². The first-order valence-electron chi connectivity index (χ1n) is 6.89. The number of rotatable bonds is 2. The lowest BCUT2D eigenvalue weighted by Gasteiger charge is -2.33. The van der Waals surface area contributed by atoms with Gasteiger partial charge in [0.05, 0.1) is 6.20 Å². The summed E-state index contributed by atoms with van der Waals surface area (Å²) in [5, 5.41) is 6.80. The fourth-order valence-electron chi connectivity index (χ4n) is 2.37. The summed E-state index contributed by atoms with van der Waals surface area (Å²) in [6, 6.07) is 0. The number of nitrogens with zero attached hydrogens (tertiary/aromatic N) is 2. The second-order valence-corrected chi connectivity index (χ2v) is 6.22. The van der Waals surface area contributed by atoms with E-state index in [0.29, 0.717) is 5.92 Å². The Labute approximate surface area is 114 Å². The van der Waals surface area contributed by atoms with E-state index in [-0.39, 0.29) is 6.09 Å². The van der Waals surface area contributed by atoms with Crippen molar-refractivity contribution in [2.24, 2.45) is 5.92 Å². The lowest BCUT2D eigenvalue weighted by Crippen LogP contribution is -2.42. The average Bonchev–Trinajstić information content (AvgIpc) is 2.80. The lowest BCUT2D eigenvalue weighted by molar-refractivity contribution is 0.0184. The lowest BCUT2D eigenvalue weighted by atomic mass is 9.91. The van der Waals surface area contributed by atoms with Crippen LogP contribution in [-0.2, 0) is 11.2 Å². The van der Waals surface area contributed by atoms with E-state index in [0.717, 1.165) is 32.4 Å². The summed E-state index contributed by atoms with van der Waals surface area (Å²) in [4.78, 5) is 13.7. The van der Waals surface area contributed by atoms with Crippen molar-refractivity contribution >= 4 is 6.09 Å². The molecular formula is C14H23N3O2. The molecule has 1 saturated heterocycles. The van der Waals surface area contributed by atoms with Crippen molar-refractivity contribution in [2.75, 3.05) is 13.1 Å². The van der Waals surface area contributed by atoms with E-state index in [1.807, 2.05) is 38.1 Å². The van der Waals surface area contributed by atoms with E-state index in [1.165, 1.54) is 5.56 Å². The normalized spacial score (nSPS) is 17.5. The zero-order chi connectivity index (χ0) is 13.9. The summed E-state index contributed by atoms with van der Waals surface area (Å²) >= 11 is 0. The number of nitrogens with one attached hydrogen (secondary N) is 1. The number of carbonyl (C=O) groups is 1. The van der Waals surface area contributed by atoms with Gasteiger partial charge in [-0.05, 0) is 51.5 Å². The summed E-state index contributed by atoms with van der Waals surface area (Å²) in [6.07, 6.45) is 6.74. The van der Waals surface area contributed by atoms with Gasteiger partial charge in [-0.25, -0.2) is 4.79 Å². The number of piperidine rings is 1. The highest BCUT2D eigenvalue weighted by Crippen LogP contribution is 2.22. The van der Waals surface area contributed by atoms with Crippen LogP contribution in [0.1, 0.15) is 39.2 Å². The molecule has 0 atom stereocenters. The van der Waals surface area contributed by atoms with Crippen LogP contribution in [-0.4, -0.2) is 39.9 Å². The zero-order valence-electron chi connectivity index (χ0n) is 12.0. The van der Waals surface area contributed by atoms with Crippen LogP contribution in [0.25, 0.3) is 0 Å². The third kappa shape index (κ3) is 4.26. The van der Waals surface area contributed by atoms with Crippen LogP contribution in [0.4, 0.5) is 4.79 Å². The van der Waals surface area contributed by atoms with Gasteiger partial charge in [-0.15, -0.1) is 0 Å². The van der Waals surface area contributed by atoms with Crippen molar-refractivity contribution in [1.29, 1.82) is 0 Å². The quantitative estimate of drug-likeness (QED) is 0.894. The maximum absolute atomic E-state index is 11.9. The Morgan fingerprint density at radius 2 is 2.16 bits per heavy atom. The van der Waals surface area contributed by atoms with Crippen LogP contribution in [0, 0.1) is 5.92 Å². The van der Waals surface area contributed by atoms with Gasteiger partial charge in [0, 0.05) is 19.3 Å². The average molecular weight is 265 g/mol. The number of H-pyrrole nitrogens is 1. The van der Waals surface area contributed by atoms with E-state index in [4.69, 9.17) is 4.74 Å². The highest BCUT2D eigenvalue weighted by atomic mass is 16.6. The molecule has 1 aromatic heterocycles. The van der Waals surface area contributed by atoms with Gasteiger partial charge in [0.15, 0.2) is 0 Å². The Kier molecular flexibility index (Phi) is 4.12. The minimum atomic E-state index is -0.412. The van der Waals surface area contributed by atoms with Gasteiger partial charge in [-0.3, -0.25) is 5.10 Å². The predicted molar refractivity (Wildman–Crippen MR) is 72.8 cm³/mol. The Bertz CT molecular complexity index is 401. The van der Waals surface area contributed by atoms with Gasteiger partial charge >= 0.3 is 6.09 Å². The first-order chi connectivity index (χ1) is 8.94. The first kappa shape index (κ1) is 13.9. The molecule has 5 heteroatoms. The third-order valence-electron chi connectivity index (χ3n) is 3.35. The smallest absolute Gasteiger partial charge is 0.410 e. The molecule has 19 heavy (non-hydrogen) atoms. The SMILES string of the molecule is CC(C)(C)OC(=O)N1CCC(Cc2cn[nH]c2)CC1. The molecule has 5 nitrogen and oxygen atoms in total. The standard InChI is InChI=1S/C14H23N3O2/c1-14(2,3)19-13(18)17-6-4-11(5-7-17)8-12-9-15-16-10-12/h9-11H,4-8H2,1-3H3,(H,15,16). The molecule has 106 valence electrons. The molecule has 1 N–H and O–H groups in total. The minimum Gasteiger partial charge on any atom is -0.444 e. The monoisotopic (exact) mass is 265 g/mol. The van der Waals surface area contributed by atoms with Gasteiger partial charge < -0.3 is 9.64 Å². The van der Waals surface area contributed by atoms with Gasteiger partial charge in [0.1, 0.15) is 5.60 Å². The first-order valence-corrected chi connectivity index (χ1v) is 6.89. The van der Waals surface area contributed by atoms with Crippen LogP contribution in [0.15, 0.2) is 12.4 Å². The zero-order valence-corrected chi connectivity index (χ0v) is 12.0. The summed E-state index contributed by atoms with van der Waals surface area (Å²) in [6.45, 7) is 7.28. The van der Waals surface area contributed by atoms with E-state index in [1.54, 1.807) is 0 Å². The largest absolute Gasteiger partial charge is 0.444 e. The third-order valence-corrected chi connectivity index (χ3v) is 3.35. The molecule has 0 saturated carbocycles. The van der Waals surface area contributed by atoms with Gasteiger partial charge in [-0.2, -0.15) is 5.10 Å². The predicted octanol–water partition coefficient (Wildman–Crippen LogP) is 2.60. The highest BCUT2D eigenvalue weighted by Gasteiger charge is 2.26. The summed E-state index contributed by atoms with van der Waals surface area (Å²) in [5.41, 5.74) is 0.834. The number of hydrogen-bond donors (Lipinski definition) is 1. The van der Waals surface area contributed by atoms with Gasteiger partial charge in [0.25, 0.3) is 0 Å². The van der Waals surface area contributed by atoms with Gasteiger partial charge in [-0.1, -0.05) is 0 Å². The highest BCUT2D eigenvalue weighted by molar-refractivity contribution is 5.68. The molecule has 2 rings (SSSR count). The Morgan fingerprint density at radius 3 is 2.68 bits per heavy atom. The molecular weight excluding hydrogens is 242 g/mol. The topological polar surface area (TPSA) is 58.2 Å². The van der Waals surface area contributed by atoms with Gasteiger partial charge in [0.2, 0.25) is 0 Å². The van der Waals surface area contributed by atoms with Crippen molar-refractivity contribution in [3.63, 3.8) is 0 Å². The van der Waals surface area contributed by atoms with Crippen LogP contribution >= 0.6 is 0 Å². The van der Waals surface area contributed by atoms with E-state index in [9.17, 15) is 4.79 Å². The summed E-state index contributed by atoms with van der Waals surface area (Å²) in [7, 11) is 0. The number of hydrogen-bond acceptors (Lipinski definition) is 3. The van der Waals surface area contributed by atoms with E-state index >= 15 is 0 Å². The molecule has 1 aliphatic rings. The second kappa shape index (κ2) is 5.63. The Balaban J connectivity index is 1.77. The number of ether oxygens (including phenoxy) is 1. The van der Waals surface area contributed by atoms with Crippen LogP contribution in [0.3, 0.4) is 0 Å². The number of aromatic nitrogens is 2. The van der Waals surface area contributed by atoms with Crippen molar-refractivity contribution in [2.45, 2.75) is 45.6 Å². The fraction of sp³-hybridized carbons (Fsp3) is 0.714. The number of amides is 1. The van der Waals surface area contributed by atoms with E-state index < -0.39 is 5.60 Å². The molecule has 1 aromatic rings. The Hall–Kier alpha value is -1.52. The molecule has 0 unspecified atom stereocenters. The molecule has 0 radical (unpaired) electrons. The molecule has 0 bridgehead atoms. The van der Waals surface area contributed by atoms with Crippen molar-refractivity contribution in [3.8, 4) is 0 Å².